The molecule has 1 amide bonds. The van der Waals surface area contributed by atoms with Crippen LogP contribution in [-0.4, -0.2) is 17.7 Å². The van der Waals surface area contributed by atoms with Crippen molar-refractivity contribution in [2.75, 3.05) is 12.1 Å². The van der Waals surface area contributed by atoms with Crippen molar-refractivity contribution in [2.24, 2.45) is 0 Å². The van der Waals surface area contributed by atoms with E-state index in [1.54, 1.807) is 18.3 Å². The highest BCUT2D eigenvalue weighted by atomic mass is 16.7. The van der Waals surface area contributed by atoms with Crippen molar-refractivity contribution in [1.29, 1.82) is 0 Å². The summed E-state index contributed by atoms with van der Waals surface area (Å²) in [4.78, 5) is 16.9. The maximum Gasteiger partial charge on any atom is 0.255 e. The quantitative estimate of drug-likeness (QED) is 0.739. The Kier molecular flexibility index (Phi) is 4.38. The number of nitrogens with zero attached hydrogens (tertiary/aromatic N) is 1. The summed E-state index contributed by atoms with van der Waals surface area (Å²) in [5.74, 6) is 1.67. The van der Waals surface area contributed by atoms with Gasteiger partial charge in [0.2, 0.25) is 6.79 Å². The number of carbonyl (C=O) groups excluding carboxylic acids is 1. The van der Waals surface area contributed by atoms with Gasteiger partial charge in [-0.05, 0) is 29.8 Å². The van der Waals surface area contributed by atoms with E-state index in [1.165, 1.54) is 0 Å². The minimum Gasteiger partial charge on any atom is -0.454 e. The van der Waals surface area contributed by atoms with Crippen molar-refractivity contribution in [3.05, 3.63) is 78.0 Å². The van der Waals surface area contributed by atoms with Gasteiger partial charge in [0.15, 0.2) is 11.5 Å². The second-order valence-corrected chi connectivity index (χ2v) is 5.76. The topological polar surface area (TPSA) is 72.5 Å². The maximum absolute atomic E-state index is 12.6. The van der Waals surface area contributed by atoms with E-state index < -0.39 is 0 Å². The van der Waals surface area contributed by atoms with Gasteiger partial charge in [-0.2, -0.15) is 0 Å². The summed E-state index contributed by atoms with van der Waals surface area (Å²) in [6.45, 7) is 0.674. The third-order valence-corrected chi connectivity index (χ3v) is 3.98. The van der Waals surface area contributed by atoms with E-state index in [1.807, 2.05) is 48.5 Å². The van der Waals surface area contributed by atoms with Crippen molar-refractivity contribution < 1.29 is 14.3 Å². The molecule has 0 saturated heterocycles. The zero-order valence-corrected chi connectivity index (χ0v) is 13.9. The molecule has 2 heterocycles. The van der Waals surface area contributed by atoms with Crippen molar-refractivity contribution in [3.63, 3.8) is 0 Å². The van der Waals surface area contributed by atoms with Gasteiger partial charge in [0.05, 0.1) is 5.56 Å². The highest BCUT2D eigenvalue weighted by molar-refractivity contribution is 5.99. The molecule has 6 nitrogen and oxygen atoms in total. The van der Waals surface area contributed by atoms with Crippen LogP contribution in [0.15, 0.2) is 66.9 Å². The van der Waals surface area contributed by atoms with Gasteiger partial charge in [0.1, 0.15) is 5.82 Å². The molecule has 2 aromatic carbocycles. The van der Waals surface area contributed by atoms with Crippen LogP contribution in [0.2, 0.25) is 0 Å². The molecule has 0 spiro atoms. The van der Waals surface area contributed by atoms with E-state index in [0.29, 0.717) is 29.4 Å². The Morgan fingerprint density at radius 1 is 1.00 bits per heavy atom. The van der Waals surface area contributed by atoms with Gasteiger partial charge in [-0.25, -0.2) is 4.98 Å². The van der Waals surface area contributed by atoms with E-state index in [-0.39, 0.29) is 12.7 Å². The minimum absolute atomic E-state index is 0.190. The number of ether oxygens (including phenoxy) is 2. The SMILES string of the molecule is O=C(NCc1ccccc1)c1cccnc1Nc1ccc2c(c1)OCO2. The molecule has 130 valence electrons. The second kappa shape index (κ2) is 7.14. The predicted molar refractivity (Wildman–Crippen MR) is 97.7 cm³/mol. The summed E-state index contributed by atoms with van der Waals surface area (Å²) in [6, 6.07) is 18.7. The Morgan fingerprint density at radius 3 is 2.73 bits per heavy atom. The largest absolute Gasteiger partial charge is 0.454 e. The van der Waals surface area contributed by atoms with Crippen LogP contribution in [0.1, 0.15) is 15.9 Å². The van der Waals surface area contributed by atoms with Gasteiger partial charge in [-0.1, -0.05) is 30.3 Å². The molecule has 0 bridgehead atoms. The first-order valence-electron chi connectivity index (χ1n) is 8.23. The number of pyridine rings is 1. The van der Waals surface area contributed by atoms with Crippen LogP contribution in [0, 0.1) is 0 Å². The van der Waals surface area contributed by atoms with Crippen LogP contribution < -0.4 is 20.1 Å². The summed E-state index contributed by atoms with van der Waals surface area (Å²) in [5.41, 5.74) is 2.28. The van der Waals surface area contributed by atoms with E-state index in [9.17, 15) is 4.79 Å². The molecule has 0 aliphatic carbocycles. The third kappa shape index (κ3) is 3.44. The lowest BCUT2D eigenvalue weighted by Crippen LogP contribution is -2.24. The number of nitrogens with one attached hydrogen (secondary N) is 2. The van der Waals surface area contributed by atoms with Crippen molar-refractivity contribution in [1.82, 2.24) is 10.3 Å². The molecule has 4 rings (SSSR count). The molecule has 1 aliphatic heterocycles. The zero-order valence-electron chi connectivity index (χ0n) is 13.9. The molecule has 1 aliphatic rings. The highest BCUT2D eigenvalue weighted by Gasteiger charge is 2.16. The average molecular weight is 347 g/mol. The van der Waals surface area contributed by atoms with Crippen molar-refractivity contribution >= 4 is 17.4 Å². The van der Waals surface area contributed by atoms with E-state index in [2.05, 4.69) is 15.6 Å². The molecule has 0 fully saturated rings. The Bertz CT molecular complexity index is 929. The third-order valence-electron chi connectivity index (χ3n) is 3.98. The van der Waals surface area contributed by atoms with E-state index in [4.69, 9.17) is 9.47 Å². The van der Waals surface area contributed by atoms with Gasteiger partial charge < -0.3 is 20.1 Å². The molecule has 26 heavy (non-hydrogen) atoms. The minimum atomic E-state index is -0.190. The second-order valence-electron chi connectivity index (χ2n) is 5.76. The molecule has 1 aromatic heterocycles. The Morgan fingerprint density at radius 2 is 1.85 bits per heavy atom. The number of hydrogen-bond acceptors (Lipinski definition) is 5. The standard InChI is InChI=1S/C20H17N3O3/c24-20(22-12-14-5-2-1-3-6-14)16-7-4-10-21-19(16)23-15-8-9-17-18(11-15)26-13-25-17/h1-11H,12-13H2,(H,21,23)(H,22,24). The Labute approximate surface area is 150 Å². The Hall–Kier alpha value is -3.54. The molecule has 0 atom stereocenters. The summed E-state index contributed by atoms with van der Waals surface area (Å²) < 4.78 is 10.7. The molecule has 0 saturated carbocycles. The molecule has 2 N–H and O–H groups in total. The molecule has 6 heteroatoms. The Balaban J connectivity index is 1.50. The fraction of sp³-hybridized carbons (Fsp3) is 0.100. The van der Waals surface area contributed by atoms with Crippen molar-refractivity contribution in [3.8, 4) is 11.5 Å². The molecule has 0 unspecified atom stereocenters. The number of fused-ring (bicyclic) bond motifs is 1. The van der Waals surface area contributed by atoms with Gasteiger partial charge in [0.25, 0.3) is 5.91 Å². The number of carbonyl (C=O) groups is 1. The molecule has 3 aromatic rings. The summed E-state index contributed by atoms with van der Waals surface area (Å²) >= 11 is 0. The summed E-state index contributed by atoms with van der Waals surface area (Å²) in [6.07, 6.45) is 1.64. The van der Waals surface area contributed by atoms with Crippen LogP contribution in [0.3, 0.4) is 0 Å². The van der Waals surface area contributed by atoms with Crippen LogP contribution in [0.5, 0.6) is 11.5 Å². The first-order chi connectivity index (χ1) is 12.8. The van der Waals surface area contributed by atoms with Gasteiger partial charge in [0, 0.05) is 24.5 Å². The lowest BCUT2D eigenvalue weighted by atomic mass is 10.2. The van der Waals surface area contributed by atoms with Crippen LogP contribution in [0.4, 0.5) is 11.5 Å². The fourth-order valence-electron chi connectivity index (χ4n) is 2.67. The van der Waals surface area contributed by atoms with Crippen molar-refractivity contribution in [2.45, 2.75) is 6.54 Å². The van der Waals surface area contributed by atoms with E-state index in [0.717, 1.165) is 11.3 Å². The van der Waals surface area contributed by atoms with Crippen LogP contribution >= 0.6 is 0 Å². The lowest BCUT2D eigenvalue weighted by Gasteiger charge is -2.11. The van der Waals surface area contributed by atoms with Crippen LogP contribution in [0.25, 0.3) is 0 Å². The smallest absolute Gasteiger partial charge is 0.255 e. The van der Waals surface area contributed by atoms with E-state index >= 15 is 0 Å². The predicted octanol–water partition coefficient (Wildman–Crippen LogP) is 3.48. The first kappa shape index (κ1) is 16.0. The first-order valence-corrected chi connectivity index (χ1v) is 8.23. The summed E-state index contributed by atoms with van der Waals surface area (Å²) in [7, 11) is 0. The monoisotopic (exact) mass is 347 g/mol. The number of aromatic nitrogens is 1. The zero-order chi connectivity index (χ0) is 17.8. The molecular weight excluding hydrogens is 330 g/mol. The number of rotatable bonds is 5. The van der Waals surface area contributed by atoms with Gasteiger partial charge in [-0.3, -0.25) is 4.79 Å². The van der Waals surface area contributed by atoms with Gasteiger partial charge >= 0.3 is 0 Å². The average Bonchev–Trinajstić information content (AvgIpc) is 3.15. The number of hydrogen-bond donors (Lipinski definition) is 2. The summed E-state index contributed by atoms with van der Waals surface area (Å²) in [5, 5.41) is 6.09. The van der Waals surface area contributed by atoms with Gasteiger partial charge in [-0.15, -0.1) is 0 Å². The van der Waals surface area contributed by atoms with Crippen LogP contribution in [-0.2, 0) is 6.54 Å². The maximum atomic E-state index is 12.6. The number of amides is 1. The molecule has 0 radical (unpaired) electrons. The molecular formula is C20H17N3O3. The highest BCUT2D eigenvalue weighted by Crippen LogP contribution is 2.35. The normalized spacial score (nSPS) is 11.8. The lowest BCUT2D eigenvalue weighted by molar-refractivity contribution is 0.0951. The number of anilines is 2. The number of benzene rings is 2. The fourth-order valence-corrected chi connectivity index (χ4v) is 2.67.